The van der Waals surface area contributed by atoms with E-state index < -0.39 is 0 Å². The van der Waals surface area contributed by atoms with Gasteiger partial charge in [0.1, 0.15) is 0 Å². The van der Waals surface area contributed by atoms with Crippen molar-refractivity contribution >= 4 is 5.69 Å². The Morgan fingerprint density at radius 3 is 3.00 bits per heavy atom. The molecule has 0 amide bonds. The smallest absolute Gasteiger partial charge is 0.0503 e. The van der Waals surface area contributed by atoms with E-state index in [0.29, 0.717) is 0 Å². The summed E-state index contributed by atoms with van der Waals surface area (Å²) in [4.78, 5) is 2.54. The Morgan fingerprint density at radius 1 is 1.35 bits per heavy atom. The second-order valence-corrected chi connectivity index (χ2v) is 5.68. The molecule has 0 aromatic heterocycles. The number of rotatable bonds is 8. The molecule has 1 aliphatic rings. The summed E-state index contributed by atoms with van der Waals surface area (Å²) in [5.41, 5.74) is 2.82. The molecule has 1 atom stereocenters. The number of para-hydroxylation sites is 1. The number of nitrogens with one attached hydrogen (secondary N) is 1. The molecule has 1 N–H and O–H groups in total. The maximum Gasteiger partial charge on any atom is 0.0503 e. The normalized spacial score (nSPS) is 18.7. The summed E-state index contributed by atoms with van der Waals surface area (Å²) in [6.07, 6.45) is 3.52. The van der Waals surface area contributed by atoms with Crippen LogP contribution in [0.4, 0.5) is 5.69 Å². The number of methoxy groups -OCH3 is 1. The summed E-state index contributed by atoms with van der Waals surface area (Å²) >= 11 is 0. The van der Waals surface area contributed by atoms with Crippen LogP contribution in [0.5, 0.6) is 0 Å². The Hall–Kier alpha value is -1.06. The van der Waals surface area contributed by atoms with Gasteiger partial charge in [0.25, 0.3) is 0 Å². The van der Waals surface area contributed by atoms with Crippen LogP contribution in [0.3, 0.4) is 0 Å². The lowest BCUT2D eigenvalue weighted by molar-refractivity contribution is 0.202. The maximum atomic E-state index is 5.22. The number of hydrogen-bond donors (Lipinski definition) is 1. The van der Waals surface area contributed by atoms with Gasteiger partial charge in [-0.2, -0.15) is 0 Å². The first-order chi connectivity index (χ1) is 9.85. The summed E-state index contributed by atoms with van der Waals surface area (Å²) in [6.45, 7) is 7.68. The van der Waals surface area contributed by atoms with Crippen molar-refractivity contribution in [1.29, 1.82) is 0 Å². The minimum atomic E-state index is 0.789. The molecule has 1 aromatic carbocycles. The average molecular weight is 276 g/mol. The van der Waals surface area contributed by atoms with E-state index >= 15 is 0 Å². The largest absolute Gasteiger partial charge is 0.384 e. The third kappa shape index (κ3) is 4.22. The molecule has 0 saturated carbocycles. The Kier molecular flexibility index (Phi) is 6.34. The van der Waals surface area contributed by atoms with Gasteiger partial charge >= 0.3 is 0 Å². The lowest BCUT2D eigenvalue weighted by atomic mass is 10.1. The number of benzene rings is 1. The van der Waals surface area contributed by atoms with Crippen LogP contribution in [0, 0.1) is 5.92 Å². The Labute approximate surface area is 123 Å². The summed E-state index contributed by atoms with van der Waals surface area (Å²) in [5, 5.41) is 3.55. The summed E-state index contributed by atoms with van der Waals surface area (Å²) in [5.74, 6) is 0.789. The first kappa shape index (κ1) is 15.3. The summed E-state index contributed by atoms with van der Waals surface area (Å²) in [7, 11) is 1.77. The second-order valence-electron chi connectivity index (χ2n) is 5.68. The van der Waals surface area contributed by atoms with E-state index in [1.807, 2.05) is 0 Å². The predicted molar refractivity (Wildman–Crippen MR) is 85.5 cm³/mol. The van der Waals surface area contributed by atoms with Crippen molar-refractivity contribution in [2.24, 2.45) is 5.92 Å². The Morgan fingerprint density at radius 2 is 2.20 bits per heavy atom. The van der Waals surface area contributed by atoms with Crippen molar-refractivity contribution < 1.29 is 4.74 Å². The van der Waals surface area contributed by atoms with Crippen LogP contribution in [0.25, 0.3) is 0 Å². The summed E-state index contributed by atoms with van der Waals surface area (Å²) in [6, 6.07) is 8.77. The highest BCUT2D eigenvalue weighted by atomic mass is 16.5. The predicted octanol–water partition coefficient (Wildman–Crippen LogP) is 2.70. The van der Waals surface area contributed by atoms with Crippen LogP contribution in [0.2, 0.25) is 0 Å². The van der Waals surface area contributed by atoms with Gasteiger partial charge < -0.3 is 15.0 Å². The average Bonchev–Trinajstić information content (AvgIpc) is 2.94. The highest BCUT2D eigenvalue weighted by Crippen LogP contribution is 2.27. The van der Waals surface area contributed by atoms with Crippen LogP contribution in [-0.4, -0.2) is 39.9 Å². The van der Waals surface area contributed by atoms with Crippen LogP contribution in [0.15, 0.2) is 24.3 Å². The molecular formula is C17H28N2O. The van der Waals surface area contributed by atoms with Crippen molar-refractivity contribution in [3.8, 4) is 0 Å². The van der Waals surface area contributed by atoms with Crippen LogP contribution >= 0.6 is 0 Å². The molecule has 3 nitrogen and oxygen atoms in total. The monoisotopic (exact) mass is 276 g/mol. The van der Waals surface area contributed by atoms with Gasteiger partial charge in [-0.1, -0.05) is 25.1 Å². The van der Waals surface area contributed by atoms with E-state index in [9.17, 15) is 0 Å². The zero-order valence-corrected chi connectivity index (χ0v) is 12.9. The van der Waals surface area contributed by atoms with E-state index in [1.54, 1.807) is 7.11 Å². The number of ether oxygens (including phenoxy) is 1. The number of anilines is 1. The maximum absolute atomic E-state index is 5.22. The molecule has 112 valence electrons. The molecule has 2 rings (SSSR count). The van der Waals surface area contributed by atoms with E-state index in [-0.39, 0.29) is 0 Å². The van der Waals surface area contributed by atoms with Gasteiger partial charge in [-0.05, 0) is 49.9 Å². The zero-order valence-electron chi connectivity index (χ0n) is 12.9. The fourth-order valence-corrected chi connectivity index (χ4v) is 2.94. The molecule has 1 unspecified atom stereocenters. The second kappa shape index (κ2) is 8.28. The van der Waals surface area contributed by atoms with Crippen molar-refractivity contribution in [2.75, 3.05) is 44.8 Å². The highest BCUT2D eigenvalue weighted by Gasteiger charge is 2.23. The van der Waals surface area contributed by atoms with E-state index in [0.717, 1.165) is 32.0 Å². The minimum absolute atomic E-state index is 0.789. The molecule has 0 aliphatic carbocycles. The van der Waals surface area contributed by atoms with Crippen molar-refractivity contribution in [3.05, 3.63) is 29.8 Å². The zero-order chi connectivity index (χ0) is 14.2. The molecular weight excluding hydrogens is 248 g/mol. The standard InChI is InChI=1S/C17H28N2O/c1-3-10-18-13-15-8-11-19(14-15)17-7-5-4-6-16(17)9-12-20-2/h4-7,15,18H,3,8-14H2,1-2H3. The van der Waals surface area contributed by atoms with Crippen molar-refractivity contribution in [2.45, 2.75) is 26.2 Å². The number of nitrogens with zero attached hydrogens (tertiary/aromatic N) is 1. The SMILES string of the molecule is CCCNCC1CCN(c2ccccc2CCOC)C1. The third-order valence-corrected chi connectivity index (χ3v) is 4.05. The molecule has 1 heterocycles. The van der Waals surface area contributed by atoms with Gasteiger partial charge in [0.15, 0.2) is 0 Å². The summed E-state index contributed by atoms with van der Waals surface area (Å²) < 4.78 is 5.22. The minimum Gasteiger partial charge on any atom is -0.384 e. The molecule has 3 heteroatoms. The first-order valence-electron chi connectivity index (χ1n) is 7.87. The molecule has 1 aliphatic heterocycles. The van der Waals surface area contributed by atoms with Gasteiger partial charge in [0.2, 0.25) is 0 Å². The van der Waals surface area contributed by atoms with E-state index in [2.05, 4.69) is 41.4 Å². The molecule has 1 aromatic rings. The molecule has 20 heavy (non-hydrogen) atoms. The molecule has 0 radical (unpaired) electrons. The lowest BCUT2D eigenvalue weighted by Gasteiger charge is -2.22. The number of hydrogen-bond acceptors (Lipinski definition) is 3. The Bertz CT molecular complexity index is 394. The lowest BCUT2D eigenvalue weighted by Crippen LogP contribution is -2.27. The van der Waals surface area contributed by atoms with Gasteiger partial charge in [-0.25, -0.2) is 0 Å². The Balaban J connectivity index is 1.92. The fourth-order valence-electron chi connectivity index (χ4n) is 2.94. The van der Waals surface area contributed by atoms with Gasteiger partial charge in [-0.3, -0.25) is 0 Å². The molecule has 1 saturated heterocycles. The van der Waals surface area contributed by atoms with Crippen LogP contribution < -0.4 is 10.2 Å². The van der Waals surface area contributed by atoms with Crippen molar-refractivity contribution in [1.82, 2.24) is 5.32 Å². The molecule has 1 fully saturated rings. The van der Waals surface area contributed by atoms with Crippen LogP contribution in [0.1, 0.15) is 25.3 Å². The first-order valence-corrected chi connectivity index (χ1v) is 7.87. The van der Waals surface area contributed by atoms with Gasteiger partial charge in [0, 0.05) is 25.9 Å². The quantitative estimate of drug-likeness (QED) is 0.739. The van der Waals surface area contributed by atoms with Gasteiger partial charge in [0.05, 0.1) is 6.61 Å². The van der Waals surface area contributed by atoms with E-state index in [4.69, 9.17) is 4.74 Å². The molecule has 0 spiro atoms. The fraction of sp³-hybridized carbons (Fsp3) is 0.647. The highest BCUT2D eigenvalue weighted by molar-refractivity contribution is 5.54. The van der Waals surface area contributed by atoms with E-state index in [1.165, 1.54) is 37.2 Å². The third-order valence-electron chi connectivity index (χ3n) is 4.05. The van der Waals surface area contributed by atoms with Crippen molar-refractivity contribution in [3.63, 3.8) is 0 Å². The molecule has 0 bridgehead atoms. The topological polar surface area (TPSA) is 24.5 Å². The van der Waals surface area contributed by atoms with Crippen LogP contribution in [-0.2, 0) is 11.2 Å². The van der Waals surface area contributed by atoms with Gasteiger partial charge in [-0.15, -0.1) is 0 Å².